The highest BCUT2D eigenvalue weighted by Crippen LogP contribution is 2.34. The van der Waals surface area contributed by atoms with Crippen molar-refractivity contribution in [3.8, 4) is 0 Å². The smallest absolute Gasteiger partial charge is 0.123 e. The summed E-state index contributed by atoms with van der Waals surface area (Å²) in [6, 6.07) is 4.40. The van der Waals surface area contributed by atoms with Gasteiger partial charge in [-0.15, -0.1) is 0 Å². The molecule has 2 nitrogen and oxygen atoms in total. The van der Waals surface area contributed by atoms with Crippen LogP contribution in [0.1, 0.15) is 24.5 Å². The molecule has 0 bridgehead atoms. The first-order valence-electron chi connectivity index (χ1n) is 5.39. The number of ether oxygens (including phenoxy) is 1. The molecule has 1 fully saturated rings. The molecule has 1 unspecified atom stereocenters. The normalized spacial score (nSPS) is 19.7. The second-order valence-corrected chi connectivity index (χ2v) is 4.91. The second kappa shape index (κ2) is 5.25. The highest BCUT2D eigenvalue weighted by atomic mass is 79.9. The van der Waals surface area contributed by atoms with Crippen LogP contribution in [0.25, 0.3) is 0 Å². The molecule has 1 aliphatic heterocycles. The highest BCUT2D eigenvalue weighted by Gasteiger charge is 2.25. The Morgan fingerprint density at radius 3 is 2.75 bits per heavy atom. The third-order valence-electron chi connectivity index (χ3n) is 2.99. The van der Waals surface area contributed by atoms with Gasteiger partial charge in [0, 0.05) is 17.7 Å². The number of hydrogen-bond donors (Lipinski definition) is 1. The van der Waals surface area contributed by atoms with Crippen molar-refractivity contribution in [1.82, 2.24) is 0 Å². The summed E-state index contributed by atoms with van der Waals surface area (Å²) < 4.78 is 19.1. The lowest BCUT2D eigenvalue weighted by Crippen LogP contribution is -2.22. The molecule has 0 radical (unpaired) electrons. The highest BCUT2D eigenvalue weighted by molar-refractivity contribution is 9.10. The second-order valence-electron chi connectivity index (χ2n) is 4.06. The Balaban J connectivity index is 2.18. The molecule has 2 rings (SSSR count). The third kappa shape index (κ3) is 2.62. The predicted octanol–water partition coefficient (Wildman–Crippen LogP) is 3.05. The van der Waals surface area contributed by atoms with E-state index in [1.165, 1.54) is 12.1 Å². The first-order chi connectivity index (χ1) is 7.68. The molecule has 0 aromatic heterocycles. The van der Waals surface area contributed by atoms with Gasteiger partial charge in [-0.2, -0.15) is 0 Å². The fourth-order valence-electron chi connectivity index (χ4n) is 2.03. The molecular weight excluding hydrogens is 275 g/mol. The predicted molar refractivity (Wildman–Crippen MR) is 62.6 cm³/mol. The quantitative estimate of drug-likeness (QED) is 0.906. The van der Waals surface area contributed by atoms with E-state index in [0.29, 0.717) is 18.8 Å². The van der Waals surface area contributed by atoms with Gasteiger partial charge in [-0.05, 0) is 42.5 Å². The van der Waals surface area contributed by atoms with Gasteiger partial charge in [-0.25, -0.2) is 4.39 Å². The van der Waals surface area contributed by atoms with Crippen molar-refractivity contribution in [1.29, 1.82) is 0 Å². The van der Waals surface area contributed by atoms with Crippen molar-refractivity contribution in [2.45, 2.75) is 18.9 Å². The van der Waals surface area contributed by atoms with E-state index >= 15 is 0 Å². The number of rotatable bonds is 2. The average Bonchev–Trinajstić information content (AvgIpc) is 2.32. The van der Waals surface area contributed by atoms with Crippen molar-refractivity contribution in [2.75, 3.05) is 13.2 Å². The molecule has 0 saturated carbocycles. The minimum atomic E-state index is -0.617. The van der Waals surface area contributed by atoms with Gasteiger partial charge in [0.1, 0.15) is 5.82 Å². The fourth-order valence-corrected chi connectivity index (χ4v) is 2.51. The van der Waals surface area contributed by atoms with Crippen LogP contribution in [0.4, 0.5) is 4.39 Å². The molecule has 4 heteroatoms. The first kappa shape index (κ1) is 12.0. The molecule has 0 amide bonds. The Bertz CT molecular complexity index is 364. The lowest BCUT2D eigenvalue weighted by atomic mass is 9.89. The molecule has 1 aromatic rings. The van der Waals surface area contributed by atoms with Crippen LogP contribution in [0.15, 0.2) is 22.7 Å². The van der Waals surface area contributed by atoms with Crippen molar-refractivity contribution < 1.29 is 14.2 Å². The van der Waals surface area contributed by atoms with Crippen LogP contribution in [-0.4, -0.2) is 18.3 Å². The zero-order valence-corrected chi connectivity index (χ0v) is 10.4. The zero-order valence-electron chi connectivity index (χ0n) is 8.83. The summed E-state index contributed by atoms with van der Waals surface area (Å²) in [6.07, 6.45) is 1.03. The Hall–Kier alpha value is -0.450. The van der Waals surface area contributed by atoms with Gasteiger partial charge in [0.05, 0.1) is 6.10 Å². The van der Waals surface area contributed by atoms with Gasteiger partial charge in [0.15, 0.2) is 0 Å². The Labute approximate surface area is 103 Å². The molecule has 1 atom stereocenters. The third-order valence-corrected chi connectivity index (χ3v) is 3.71. The number of hydrogen-bond acceptors (Lipinski definition) is 2. The summed E-state index contributed by atoms with van der Waals surface area (Å²) in [4.78, 5) is 0. The summed E-state index contributed by atoms with van der Waals surface area (Å²) in [5.74, 6) is -0.156. The Morgan fingerprint density at radius 2 is 2.06 bits per heavy atom. The lowest BCUT2D eigenvalue weighted by molar-refractivity contribution is 0.00682. The summed E-state index contributed by atoms with van der Waals surface area (Å²) in [7, 11) is 0. The van der Waals surface area contributed by atoms with E-state index in [2.05, 4.69) is 15.9 Å². The topological polar surface area (TPSA) is 29.5 Å². The standard InChI is InChI=1S/C12H14BrFO2/c13-11-2-1-9(14)7-10(11)12(15)8-3-5-16-6-4-8/h1-2,7-8,12,15H,3-6H2. The maximum Gasteiger partial charge on any atom is 0.123 e. The van der Waals surface area contributed by atoms with E-state index in [1.807, 2.05) is 0 Å². The molecule has 1 heterocycles. The van der Waals surface area contributed by atoms with E-state index < -0.39 is 6.10 Å². The van der Waals surface area contributed by atoms with Crippen molar-refractivity contribution in [3.05, 3.63) is 34.1 Å². The Kier molecular flexibility index (Phi) is 3.95. The van der Waals surface area contributed by atoms with E-state index in [4.69, 9.17) is 4.74 Å². The fraction of sp³-hybridized carbons (Fsp3) is 0.500. The molecule has 0 aliphatic carbocycles. The molecule has 1 N–H and O–H groups in total. The van der Waals surface area contributed by atoms with Crippen LogP contribution < -0.4 is 0 Å². The number of aliphatic hydroxyl groups is 1. The van der Waals surface area contributed by atoms with Gasteiger partial charge in [0.25, 0.3) is 0 Å². The SMILES string of the molecule is OC(c1cc(F)ccc1Br)C1CCOCC1. The van der Waals surface area contributed by atoms with Gasteiger partial charge < -0.3 is 9.84 Å². The van der Waals surface area contributed by atoms with Crippen LogP contribution >= 0.6 is 15.9 Å². The monoisotopic (exact) mass is 288 g/mol. The summed E-state index contributed by atoms with van der Waals surface area (Å²) in [5.41, 5.74) is 0.631. The van der Waals surface area contributed by atoms with Gasteiger partial charge in [-0.1, -0.05) is 15.9 Å². The van der Waals surface area contributed by atoms with Gasteiger partial charge in [0.2, 0.25) is 0 Å². The maximum absolute atomic E-state index is 13.1. The lowest BCUT2D eigenvalue weighted by Gasteiger charge is -2.27. The van der Waals surface area contributed by atoms with Crippen LogP contribution in [0, 0.1) is 11.7 Å². The van der Waals surface area contributed by atoms with Gasteiger partial charge >= 0.3 is 0 Å². The average molecular weight is 289 g/mol. The van der Waals surface area contributed by atoms with E-state index in [9.17, 15) is 9.50 Å². The molecular formula is C12H14BrFO2. The number of benzene rings is 1. The molecule has 1 aromatic carbocycles. The van der Waals surface area contributed by atoms with Crippen molar-refractivity contribution in [3.63, 3.8) is 0 Å². The molecule has 0 spiro atoms. The van der Waals surface area contributed by atoms with Crippen LogP contribution in [0.3, 0.4) is 0 Å². The minimum Gasteiger partial charge on any atom is -0.388 e. The number of aliphatic hydroxyl groups excluding tert-OH is 1. The van der Waals surface area contributed by atoms with E-state index in [0.717, 1.165) is 17.3 Å². The van der Waals surface area contributed by atoms with Crippen LogP contribution in [0.5, 0.6) is 0 Å². The zero-order chi connectivity index (χ0) is 11.5. The summed E-state index contributed by atoms with van der Waals surface area (Å²) in [5, 5.41) is 10.2. The maximum atomic E-state index is 13.1. The summed E-state index contributed by atoms with van der Waals surface area (Å²) >= 11 is 3.34. The van der Waals surface area contributed by atoms with Crippen LogP contribution in [0.2, 0.25) is 0 Å². The number of halogens is 2. The molecule has 16 heavy (non-hydrogen) atoms. The minimum absolute atomic E-state index is 0.159. The largest absolute Gasteiger partial charge is 0.388 e. The van der Waals surface area contributed by atoms with Gasteiger partial charge in [-0.3, -0.25) is 0 Å². The van der Waals surface area contributed by atoms with E-state index in [1.54, 1.807) is 6.07 Å². The van der Waals surface area contributed by atoms with Crippen LogP contribution in [-0.2, 0) is 4.74 Å². The van der Waals surface area contributed by atoms with Crippen molar-refractivity contribution >= 4 is 15.9 Å². The molecule has 1 aliphatic rings. The summed E-state index contributed by atoms with van der Waals surface area (Å²) in [6.45, 7) is 1.35. The van der Waals surface area contributed by atoms with E-state index in [-0.39, 0.29) is 11.7 Å². The molecule has 88 valence electrons. The van der Waals surface area contributed by atoms with Crippen molar-refractivity contribution in [2.24, 2.45) is 5.92 Å². The molecule has 1 saturated heterocycles. The first-order valence-corrected chi connectivity index (χ1v) is 6.18. The Morgan fingerprint density at radius 1 is 1.38 bits per heavy atom.